The number of rotatable bonds is 3. The Morgan fingerprint density at radius 2 is 2.11 bits per heavy atom. The molecule has 2 nitrogen and oxygen atoms in total. The van der Waals surface area contributed by atoms with Gasteiger partial charge >= 0.3 is 0 Å². The number of benzene rings is 1. The van der Waals surface area contributed by atoms with Gasteiger partial charge < -0.3 is 10.2 Å². The number of hydrogen-bond donors (Lipinski definition) is 1. The molecule has 1 fully saturated rings. The van der Waals surface area contributed by atoms with Crippen LogP contribution in [0.5, 0.6) is 0 Å². The number of anilines is 1. The highest BCUT2D eigenvalue weighted by molar-refractivity contribution is 5.51. The van der Waals surface area contributed by atoms with Gasteiger partial charge in [-0.05, 0) is 57.0 Å². The summed E-state index contributed by atoms with van der Waals surface area (Å²) < 4.78 is 0. The smallest absolute Gasteiger partial charge is 0.0371 e. The van der Waals surface area contributed by atoms with E-state index in [9.17, 15) is 0 Å². The molecule has 1 heterocycles. The van der Waals surface area contributed by atoms with E-state index < -0.39 is 0 Å². The van der Waals surface area contributed by atoms with Crippen LogP contribution in [0.2, 0.25) is 0 Å². The van der Waals surface area contributed by atoms with Crippen molar-refractivity contribution in [2.75, 3.05) is 18.5 Å². The van der Waals surface area contributed by atoms with E-state index in [1.54, 1.807) is 0 Å². The van der Waals surface area contributed by atoms with Crippen molar-refractivity contribution in [3.8, 4) is 0 Å². The van der Waals surface area contributed by atoms with Crippen molar-refractivity contribution in [3.05, 3.63) is 29.3 Å². The van der Waals surface area contributed by atoms with Crippen LogP contribution in [-0.4, -0.2) is 19.6 Å². The summed E-state index contributed by atoms with van der Waals surface area (Å²) in [7, 11) is 2.00. The van der Waals surface area contributed by atoms with Crippen molar-refractivity contribution < 1.29 is 0 Å². The SMILES string of the molecule is CNCc1ccc(N2CCCCCC2C)cc1C. The van der Waals surface area contributed by atoms with Crippen molar-refractivity contribution >= 4 is 5.69 Å². The van der Waals surface area contributed by atoms with E-state index in [2.05, 4.69) is 42.3 Å². The van der Waals surface area contributed by atoms with Crippen molar-refractivity contribution in [1.29, 1.82) is 0 Å². The van der Waals surface area contributed by atoms with E-state index in [-0.39, 0.29) is 0 Å². The minimum Gasteiger partial charge on any atom is -0.369 e. The molecule has 0 saturated carbocycles. The maximum Gasteiger partial charge on any atom is 0.0371 e. The van der Waals surface area contributed by atoms with Gasteiger partial charge in [-0.1, -0.05) is 18.9 Å². The molecule has 1 aliphatic rings. The lowest BCUT2D eigenvalue weighted by Gasteiger charge is -2.30. The molecule has 1 atom stereocenters. The molecule has 1 N–H and O–H groups in total. The predicted molar refractivity (Wildman–Crippen MR) is 79.2 cm³/mol. The Balaban J connectivity index is 2.19. The fourth-order valence-electron chi connectivity index (χ4n) is 2.91. The van der Waals surface area contributed by atoms with Gasteiger partial charge in [0.25, 0.3) is 0 Å². The molecule has 1 unspecified atom stereocenters. The number of hydrogen-bond acceptors (Lipinski definition) is 2. The molecule has 1 saturated heterocycles. The van der Waals surface area contributed by atoms with Crippen molar-refractivity contribution in [2.24, 2.45) is 0 Å². The number of nitrogens with one attached hydrogen (secondary N) is 1. The van der Waals surface area contributed by atoms with E-state index in [1.807, 2.05) is 7.05 Å². The molecule has 0 aromatic heterocycles. The highest BCUT2D eigenvalue weighted by Crippen LogP contribution is 2.26. The third-order valence-corrected chi connectivity index (χ3v) is 4.08. The first kappa shape index (κ1) is 13.4. The van der Waals surface area contributed by atoms with Crippen LogP contribution in [0.4, 0.5) is 5.69 Å². The van der Waals surface area contributed by atoms with Crippen LogP contribution in [0.3, 0.4) is 0 Å². The number of nitrogens with zero attached hydrogens (tertiary/aromatic N) is 1. The Bertz CT molecular complexity index is 387. The van der Waals surface area contributed by atoms with Gasteiger partial charge in [-0.15, -0.1) is 0 Å². The van der Waals surface area contributed by atoms with Crippen molar-refractivity contribution in [3.63, 3.8) is 0 Å². The van der Waals surface area contributed by atoms with E-state index in [0.29, 0.717) is 6.04 Å². The molecule has 1 aromatic rings. The minimum atomic E-state index is 0.682. The quantitative estimate of drug-likeness (QED) is 0.878. The fraction of sp³-hybridized carbons (Fsp3) is 0.625. The second-order valence-electron chi connectivity index (χ2n) is 5.53. The van der Waals surface area contributed by atoms with Gasteiger partial charge in [-0.3, -0.25) is 0 Å². The topological polar surface area (TPSA) is 15.3 Å². The predicted octanol–water partition coefficient (Wildman–Crippen LogP) is 3.48. The average molecular weight is 246 g/mol. The van der Waals surface area contributed by atoms with Crippen LogP contribution >= 0.6 is 0 Å². The lowest BCUT2D eigenvalue weighted by molar-refractivity contribution is 0.616. The summed E-state index contributed by atoms with van der Waals surface area (Å²) in [4.78, 5) is 2.59. The second kappa shape index (κ2) is 6.24. The van der Waals surface area contributed by atoms with Crippen molar-refractivity contribution in [1.82, 2.24) is 5.32 Å². The fourth-order valence-corrected chi connectivity index (χ4v) is 2.91. The summed E-state index contributed by atoms with van der Waals surface area (Å²) in [6.07, 6.45) is 5.44. The van der Waals surface area contributed by atoms with Crippen LogP contribution in [0.25, 0.3) is 0 Å². The monoisotopic (exact) mass is 246 g/mol. The van der Waals surface area contributed by atoms with E-state index in [0.717, 1.165) is 6.54 Å². The highest BCUT2D eigenvalue weighted by atomic mass is 15.2. The molecule has 18 heavy (non-hydrogen) atoms. The number of aryl methyl sites for hydroxylation is 1. The van der Waals surface area contributed by atoms with E-state index in [1.165, 1.54) is 49.0 Å². The van der Waals surface area contributed by atoms with Crippen LogP contribution in [0.1, 0.15) is 43.7 Å². The third kappa shape index (κ3) is 3.05. The zero-order valence-corrected chi connectivity index (χ0v) is 12.0. The lowest BCUT2D eigenvalue weighted by Crippen LogP contribution is -2.32. The summed E-state index contributed by atoms with van der Waals surface area (Å²) in [5.41, 5.74) is 4.21. The summed E-state index contributed by atoms with van der Waals surface area (Å²) in [6, 6.07) is 7.61. The molecule has 0 amide bonds. The Kier molecular flexibility index (Phi) is 4.65. The van der Waals surface area contributed by atoms with Crippen molar-refractivity contribution in [2.45, 2.75) is 52.1 Å². The Morgan fingerprint density at radius 1 is 1.28 bits per heavy atom. The summed E-state index contributed by atoms with van der Waals surface area (Å²) >= 11 is 0. The molecule has 1 aromatic carbocycles. The maximum absolute atomic E-state index is 3.23. The first-order chi connectivity index (χ1) is 8.72. The second-order valence-corrected chi connectivity index (χ2v) is 5.53. The third-order valence-electron chi connectivity index (χ3n) is 4.08. The van der Waals surface area contributed by atoms with Gasteiger partial charge in [0.15, 0.2) is 0 Å². The largest absolute Gasteiger partial charge is 0.369 e. The summed E-state index contributed by atoms with van der Waals surface area (Å²) in [5.74, 6) is 0. The Morgan fingerprint density at radius 3 is 2.83 bits per heavy atom. The van der Waals surface area contributed by atoms with Crippen LogP contribution in [0.15, 0.2) is 18.2 Å². The maximum atomic E-state index is 3.23. The average Bonchev–Trinajstić information content (AvgIpc) is 2.57. The van der Waals surface area contributed by atoms with Gasteiger partial charge in [0.05, 0.1) is 0 Å². The molecule has 0 spiro atoms. The molecular weight excluding hydrogens is 220 g/mol. The highest BCUT2D eigenvalue weighted by Gasteiger charge is 2.17. The molecule has 2 rings (SSSR count). The lowest BCUT2D eigenvalue weighted by atomic mass is 10.1. The van der Waals surface area contributed by atoms with Crippen LogP contribution in [0, 0.1) is 6.92 Å². The zero-order valence-electron chi connectivity index (χ0n) is 12.0. The molecule has 1 aliphatic heterocycles. The molecular formula is C16H26N2. The van der Waals surface area contributed by atoms with E-state index in [4.69, 9.17) is 0 Å². The van der Waals surface area contributed by atoms with Gasteiger partial charge in [-0.25, -0.2) is 0 Å². The van der Waals surface area contributed by atoms with Crippen LogP contribution < -0.4 is 10.2 Å². The normalized spacial score (nSPS) is 20.8. The molecule has 100 valence electrons. The first-order valence-corrected chi connectivity index (χ1v) is 7.23. The molecule has 2 heteroatoms. The first-order valence-electron chi connectivity index (χ1n) is 7.23. The van der Waals surface area contributed by atoms with Gasteiger partial charge in [0.1, 0.15) is 0 Å². The Labute approximate surface area is 111 Å². The van der Waals surface area contributed by atoms with Gasteiger partial charge in [0, 0.05) is 24.8 Å². The minimum absolute atomic E-state index is 0.682. The standard InChI is InChI=1S/C16H26N2/c1-13-11-16(9-8-15(13)12-17-3)18-10-6-4-5-7-14(18)2/h8-9,11,14,17H,4-7,10,12H2,1-3H3. The van der Waals surface area contributed by atoms with Gasteiger partial charge in [0.2, 0.25) is 0 Å². The van der Waals surface area contributed by atoms with Crippen LogP contribution in [-0.2, 0) is 6.54 Å². The molecule has 0 bridgehead atoms. The summed E-state index contributed by atoms with van der Waals surface area (Å²) in [6.45, 7) is 6.76. The zero-order chi connectivity index (χ0) is 13.0. The molecule has 0 radical (unpaired) electrons. The summed E-state index contributed by atoms with van der Waals surface area (Å²) in [5, 5.41) is 3.23. The Hall–Kier alpha value is -1.02. The van der Waals surface area contributed by atoms with E-state index >= 15 is 0 Å². The van der Waals surface area contributed by atoms with Gasteiger partial charge in [-0.2, -0.15) is 0 Å². The molecule has 0 aliphatic carbocycles.